The Bertz CT molecular complexity index is 1060. The summed E-state index contributed by atoms with van der Waals surface area (Å²) in [5.41, 5.74) is 4.78. The van der Waals surface area contributed by atoms with E-state index in [0.717, 1.165) is 17.8 Å². The Kier molecular flexibility index (Phi) is 4.68. The zero-order valence-electron chi connectivity index (χ0n) is 16.3. The van der Waals surface area contributed by atoms with E-state index in [4.69, 9.17) is 9.15 Å². The van der Waals surface area contributed by atoms with Crippen molar-refractivity contribution < 1.29 is 9.15 Å². The van der Waals surface area contributed by atoms with Gasteiger partial charge in [-0.3, -0.25) is 0 Å². The van der Waals surface area contributed by atoms with Gasteiger partial charge in [-0.05, 0) is 39.3 Å². The van der Waals surface area contributed by atoms with Gasteiger partial charge in [0, 0.05) is 6.20 Å². The summed E-state index contributed by atoms with van der Waals surface area (Å²) in [6.45, 7) is 6.12. The van der Waals surface area contributed by atoms with E-state index in [2.05, 4.69) is 51.5 Å². The molecule has 1 atom stereocenters. The topological polar surface area (TPSA) is 90.9 Å². The molecule has 28 heavy (non-hydrogen) atoms. The van der Waals surface area contributed by atoms with E-state index in [1.54, 1.807) is 13.4 Å². The number of imidazole rings is 1. The Morgan fingerprint density at radius 1 is 1.18 bits per heavy atom. The Balaban J connectivity index is 1.57. The second kappa shape index (κ2) is 7.30. The van der Waals surface area contributed by atoms with Crippen molar-refractivity contribution in [2.24, 2.45) is 0 Å². The molecule has 0 spiro atoms. The number of pyridine rings is 1. The molecule has 0 radical (unpaired) electrons. The van der Waals surface area contributed by atoms with Crippen LogP contribution >= 0.6 is 0 Å². The highest BCUT2D eigenvalue weighted by molar-refractivity contribution is 5.54. The molecule has 1 aliphatic rings. The molecule has 3 aromatic rings. The molecular weight excluding hydrogens is 356 g/mol. The zero-order chi connectivity index (χ0) is 19.7. The fourth-order valence-electron chi connectivity index (χ4n) is 3.09. The molecule has 144 valence electrons. The number of nitrogens with zero attached hydrogens (tertiary/aromatic N) is 5. The van der Waals surface area contributed by atoms with E-state index >= 15 is 0 Å². The van der Waals surface area contributed by atoms with Gasteiger partial charge in [-0.1, -0.05) is 28.4 Å². The fraction of sp³-hybridized carbons (Fsp3) is 0.300. The molecule has 0 amide bonds. The predicted molar refractivity (Wildman–Crippen MR) is 105 cm³/mol. The zero-order valence-corrected chi connectivity index (χ0v) is 16.3. The number of aromatic nitrogens is 5. The lowest BCUT2D eigenvalue weighted by molar-refractivity contribution is 0.396. The van der Waals surface area contributed by atoms with Gasteiger partial charge < -0.3 is 19.0 Å². The molecule has 0 aliphatic heterocycles. The number of aryl methyl sites for hydroxylation is 1. The minimum absolute atomic E-state index is 0.146. The Hall–Kier alpha value is -3.42. The van der Waals surface area contributed by atoms with Crippen molar-refractivity contribution in [2.75, 3.05) is 12.4 Å². The minimum Gasteiger partial charge on any atom is -0.479 e. The number of anilines is 1. The maximum absolute atomic E-state index is 5.79. The third-order valence-corrected chi connectivity index (χ3v) is 4.67. The van der Waals surface area contributed by atoms with Crippen molar-refractivity contribution in [3.05, 3.63) is 53.6 Å². The number of allylic oxidation sites excluding steroid dienone is 2. The number of ether oxygens (including phenoxy) is 1. The molecule has 0 bridgehead atoms. The number of rotatable bonds is 5. The van der Waals surface area contributed by atoms with Crippen LogP contribution in [0.3, 0.4) is 0 Å². The Morgan fingerprint density at radius 2 is 2.04 bits per heavy atom. The third kappa shape index (κ3) is 3.53. The van der Waals surface area contributed by atoms with E-state index in [1.165, 1.54) is 11.1 Å². The summed E-state index contributed by atoms with van der Waals surface area (Å²) in [6.07, 6.45) is 8.78. The first kappa shape index (κ1) is 18.0. The van der Waals surface area contributed by atoms with Crippen molar-refractivity contribution >= 4 is 6.01 Å². The maximum atomic E-state index is 5.79. The van der Waals surface area contributed by atoms with Crippen molar-refractivity contribution in [1.82, 2.24) is 24.7 Å². The smallest absolute Gasteiger partial charge is 0.316 e. The molecular formula is C20H22N6O2. The summed E-state index contributed by atoms with van der Waals surface area (Å²) in [7, 11) is 1.58. The number of hydrogen-bond acceptors (Lipinski definition) is 7. The molecule has 0 saturated heterocycles. The summed E-state index contributed by atoms with van der Waals surface area (Å²) >= 11 is 0. The molecule has 3 heterocycles. The molecule has 3 aromatic heterocycles. The van der Waals surface area contributed by atoms with Crippen LogP contribution in [-0.2, 0) is 0 Å². The summed E-state index contributed by atoms with van der Waals surface area (Å²) < 4.78 is 13.1. The average molecular weight is 378 g/mol. The van der Waals surface area contributed by atoms with E-state index in [1.807, 2.05) is 29.8 Å². The van der Waals surface area contributed by atoms with Gasteiger partial charge in [-0.2, -0.15) is 0 Å². The maximum Gasteiger partial charge on any atom is 0.316 e. The van der Waals surface area contributed by atoms with Crippen molar-refractivity contribution in [3.8, 4) is 23.2 Å². The van der Waals surface area contributed by atoms with Crippen LogP contribution in [-0.4, -0.2) is 37.9 Å². The lowest BCUT2D eigenvalue weighted by atomic mass is 9.95. The minimum atomic E-state index is 0.146. The standard InChI is InChI=1S/C20H22N6O2/c1-12-5-6-13(2)16(9-12)23-20-25-24-18(28-20)15-7-8-17(19(22-15)27-4)26-10-14(3)21-11-26/h5-8,10-11,16H,9H2,1-4H3,(H,23,25). The first-order valence-electron chi connectivity index (χ1n) is 9.04. The quantitative estimate of drug-likeness (QED) is 0.723. The lowest BCUT2D eigenvalue weighted by Crippen LogP contribution is -2.23. The Morgan fingerprint density at radius 3 is 2.79 bits per heavy atom. The molecule has 0 aromatic carbocycles. The van der Waals surface area contributed by atoms with Gasteiger partial charge in [0.1, 0.15) is 11.4 Å². The number of nitrogens with one attached hydrogen (secondary N) is 1. The van der Waals surface area contributed by atoms with Gasteiger partial charge >= 0.3 is 6.01 Å². The van der Waals surface area contributed by atoms with Crippen LogP contribution in [0.2, 0.25) is 0 Å². The number of methoxy groups -OCH3 is 1. The molecule has 1 unspecified atom stereocenters. The van der Waals surface area contributed by atoms with E-state index in [9.17, 15) is 0 Å². The van der Waals surface area contributed by atoms with E-state index in [-0.39, 0.29) is 6.04 Å². The normalized spacial score (nSPS) is 16.5. The van der Waals surface area contributed by atoms with Gasteiger partial charge in [0.25, 0.3) is 5.89 Å². The van der Waals surface area contributed by atoms with Crippen LogP contribution < -0.4 is 10.1 Å². The van der Waals surface area contributed by atoms with Gasteiger partial charge in [0.05, 0.1) is 25.2 Å². The highest BCUT2D eigenvalue weighted by Crippen LogP contribution is 2.27. The largest absolute Gasteiger partial charge is 0.479 e. The summed E-state index contributed by atoms with van der Waals surface area (Å²) in [5, 5.41) is 11.5. The average Bonchev–Trinajstić information content (AvgIpc) is 3.33. The van der Waals surface area contributed by atoms with Gasteiger partial charge in [-0.25, -0.2) is 9.97 Å². The molecule has 4 rings (SSSR count). The van der Waals surface area contributed by atoms with Crippen LogP contribution in [0.4, 0.5) is 6.01 Å². The van der Waals surface area contributed by atoms with Crippen LogP contribution in [0.15, 0.2) is 52.4 Å². The molecule has 1 aliphatic carbocycles. The second-order valence-corrected chi connectivity index (χ2v) is 6.88. The highest BCUT2D eigenvalue weighted by Gasteiger charge is 2.19. The summed E-state index contributed by atoms with van der Waals surface area (Å²) in [4.78, 5) is 8.76. The van der Waals surface area contributed by atoms with E-state index < -0.39 is 0 Å². The fourth-order valence-corrected chi connectivity index (χ4v) is 3.09. The number of hydrogen-bond donors (Lipinski definition) is 1. The predicted octanol–water partition coefficient (Wildman–Crippen LogP) is 3.71. The Labute approximate surface area is 163 Å². The van der Waals surface area contributed by atoms with Gasteiger partial charge in [-0.15, -0.1) is 5.10 Å². The molecule has 8 nitrogen and oxygen atoms in total. The monoisotopic (exact) mass is 378 g/mol. The summed E-state index contributed by atoms with van der Waals surface area (Å²) in [6, 6.07) is 4.23. The van der Waals surface area contributed by atoms with Crippen LogP contribution in [0.1, 0.15) is 26.0 Å². The van der Waals surface area contributed by atoms with Crippen molar-refractivity contribution in [3.63, 3.8) is 0 Å². The molecule has 8 heteroatoms. The SMILES string of the molecule is COc1nc(-c2nnc(NC3CC(C)=CC=C3C)o2)ccc1-n1cnc(C)c1. The first-order chi connectivity index (χ1) is 13.5. The van der Waals surface area contributed by atoms with Crippen molar-refractivity contribution in [2.45, 2.75) is 33.2 Å². The van der Waals surface area contributed by atoms with Crippen molar-refractivity contribution in [1.29, 1.82) is 0 Å². The lowest BCUT2D eigenvalue weighted by Gasteiger charge is -2.21. The summed E-state index contributed by atoms with van der Waals surface area (Å²) in [5.74, 6) is 0.785. The molecule has 0 fully saturated rings. The molecule has 0 saturated carbocycles. The van der Waals surface area contributed by atoms with Gasteiger partial charge in [0.2, 0.25) is 5.88 Å². The third-order valence-electron chi connectivity index (χ3n) is 4.67. The second-order valence-electron chi connectivity index (χ2n) is 6.88. The van der Waals surface area contributed by atoms with Crippen LogP contribution in [0.5, 0.6) is 5.88 Å². The molecule has 1 N–H and O–H groups in total. The first-order valence-corrected chi connectivity index (χ1v) is 9.04. The van der Waals surface area contributed by atoms with Gasteiger partial charge in [0.15, 0.2) is 0 Å². The van der Waals surface area contributed by atoms with Crippen LogP contribution in [0, 0.1) is 6.92 Å². The highest BCUT2D eigenvalue weighted by atomic mass is 16.5. The van der Waals surface area contributed by atoms with E-state index in [0.29, 0.717) is 23.5 Å². The van der Waals surface area contributed by atoms with Crippen LogP contribution in [0.25, 0.3) is 17.3 Å².